The molecule has 0 bridgehead atoms. The molecular formula is C24H29N3O2. The number of hydrogen-bond acceptors (Lipinski definition) is 3. The van der Waals surface area contributed by atoms with E-state index in [0.29, 0.717) is 17.8 Å². The standard InChI is InChI=1S/C24H29N3O2/c1-16-9-7-8-14-26(16)23(28)21-18-12-5-6-13-20(18)25-22-19(21)15-27(24(22)29)17-10-3-2-4-11-17/h5-6,12-13,16-17H,2-4,7-11,14-15H2,1H3. The number of carbonyl (C=O) groups is 2. The fourth-order valence-electron chi connectivity index (χ4n) is 5.44. The second-order valence-electron chi connectivity index (χ2n) is 8.90. The lowest BCUT2D eigenvalue weighted by Crippen LogP contribution is -2.42. The lowest BCUT2D eigenvalue weighted by Gasteiger charge is -2.34. The Balaban J connectivity index is 1.61. The number of aromatic nitrogens is 1. The van der Waals surface area contributed by atoms with Crippen LogP contribution < -0.4 is 0 Å². The molecule has 2 amide bonds. The Kier molecular flexibility index (Phi) is 4.76. The number of hydrogen-bond donors (Lipinski definition) is 0. The van der Waals surface area contributed by atoms with Gasteiger partial charge in [-0.05, 0) is 45.1 Å². The lowest BCUT2D eigenvalue weighted by molar-refractivity contribution is 0.0624. The summed E-state index contributed by atoms with van der Waals surface area (Å²) in [5.41, 5.74) is 2.81. The molecule has 1 atom stereocenters. The van der Waals surface area contributed by atoms with Gasteiger partial charge in [-0.2, -0.15) is 0 Å². The van der Waals surface area contributed by atoms with Crippen LogP contribution in [0.25, 0.3) is 10.9 Å². The average Bonchev–Trinajstić information content (AvgIpc) is 3.08. The summed E-state index contributed by atoms with van der Waals surface area (Å²) in [5.74, 6) is 0.0868. The van der Waals surface area contributed by atoms with Gasteiger partial charge in [-0.3, -0.25) is 9.59 Å². The van der Waals surface area contributed by atoms with Crippen molar-refractivity contribution >= 4 is 22.7 Å². The Labute approximate surface area is 172 Å². The first kappa shape index (κ1) is 18.6. The van der Waals surface area contributed by atoms with E-state index in [1.54, 1.807) is 0 Å². The number of benzene rings is 1. The van der Waals surface area contributed by atoms with Crippen LogP contribution in [0.1, 0.15) is 84.7 Å². The summed E-state index contributed by atoms with van der Waals surface area (Å²) in [6.07, 6.45) is 9.00. The Morgan fingerprint density at radius 1 is 1.03 bits per heavy atom. The molecule has 29 heavy (non-hydrogen) atoms. The smallest absolute Gasteiger partial charge is 0.273 e. The zero-order valence-electron chi connectivity index (χ0n) is 17.2. The Hall–Kier alpha value is -2.43. The third kappa shape index (κ3) is 3.11. The van der Waals surface area contributed by atoms with Crippen LogP contribution in [-0.4, -0.2) is 45.2 Å². The van der Waals surface area contributed by atoms with E-state index in [0.717, 1.165) is 48.7 Å². The van der Waals surface area contributed by atoms with Crippen molar-refractivity contribution in [2.24, 2.45) is 0 Å². The van der Waals surface area contributed by atoms with Crippen molar-refractivity contribution < 1.29 is 9.59 Å². The van der Waals surface area contributed by atoms with Crippen molar-refractivity contribution in [3.63, 3.8) is 0 Å². The predicted molar refractivity (Wildman–Crippen MR) is 113 cm³/mol. The minimum Gasteiger partial charge on any atom is -0.336 e. The normalized spacial score (nSPS) is 22.9. The average molecular weight is 392 g/mol. The van der Waals surface area contributed by atoms with Gasteiger partial charge in [0.25, 0.3) is 11.8 Å². The van der Waals surface area contributed by atoms with Gasteiger partial charge in [0.05, 0.1) is 11.1 Å². The molecule has 3 aliphatic rings. The summed E-state index contributed by atoms with van der Waals surface area (Å²) in [4.78, 5) is 35.8. The number of rotatable bonds is 2. The molecule has 152 valence electrons. The number of nitrogens with zero attached hydrogens (tertiary/aromatic N) is 3. The number of amides is 2. The van der Waals surface area contributed by atoms with Crippen LogP contribution in [-0.2, 0) is 6.54 Å². The molecule has 1 aromatic heterocycles. The maximum atomic E-state index is 13.7. The third-order valence-electron chi connectivity index (χ3n) is 7.08. The molecule has 0 radical (unpaired) electrons. The molecule has 5 rings (SSSR count). The van der Waals surface area contributed by atoms with Crippen LogP contribution in [0.15, 0.2) is 24.3 Å². The van der Waals surface area contributed by atoms with E-state index in [1.165, 1.54) is 25.7 Å². The monoisotopic (exact) mass is 391 g/mol. The summed E-state index contributed by atoms with van der Waals surface area (Å²) in [6.45, 7) is 3.46. The highest BCUT2D eigenvalue weighted by molar-refractivity contribution is 6.12. The van der Waals surface area contributed by atoms with E-state index in [2.05, 4.69) is 6.92 Å². The van der Waals surface area contributed by atoms with Gasteiger partial charge in [-0.15, -0.1) is 0 Å². The first-order chi connectivity index (χ1) is 14.1. The molecule has 3 heterocycles. The second-order valence-corrected chi connectivity index (χ2v) is 8.90. The predicted octanol–water partition coefficient (Wildman–Crippen LogP) is 4.54. The van der Waals surface area contributed by atoms with Crippen LogP contribution in [0.2, 0.25) is 0 Å². The molecule has 2 fully saturated rings. The van der Waals surface area contributed by atoms with E-state index in [1.807, 2.05) is 34.1 Å². The summed E-state index contributed by atoms with van der Waals surface area (Å²) < 4.78 is 0. The minimum atomic E-state index is 0.0124. The van der Waals surface area contributed by atoms with Crippen molar-refractivity contribution in [2.45, 2.75) is 76.9 Å². The fourth-order valence-corrected chi connectivity index (χ4v) is 5.44. The highest BCUT2D eigenvalue weighted by Gasteiger charge is 2.39. The Morgan fingerprint density at radius 2 is 1.79 bits per heavy atom. The van der Waals surface area contributed by atoms with Gasteiger partial charge in [0.2, 0.25) is 0 Å². The van der Waals surface area contributed by atoms with Gasteiger partial charge in [-0.1, -0.05) is 37.5 Å². The Morgan fingerprint density at radius 3 is 2.59 bits per heavy atom. The minimum absolute atomic E-state index is 0.0124. The first-order valence-corrected chi connectivity index (χ1v) is 11.2. The molecule has 1 aliphatic carbocycles. The van der Waals surface area contributed by atoms with Gasteiger partial charge in [0.1, 0.15) is 5.69 Å². The SMILES string of the molecule is CC1CCCCN1C(=O)c1c2c(nc3ccccc13)C(=O)N(C1CCCCC1)C2. The van der Waals surface area contributed by atoms with E-state index >= 15 is 0 Å². The van der Waals surface area contributed by atoms with Crippen LogP contribution in [0.5, 0.6) is 0 Å². The highest BCUT2D eigenvalue weighted by atomic mass is 16.2. The molecule has 0 N–H and O–H groups in total. The van der Waals surface area contributed by atoms with Crippen molar-refractivity contribution in [2.75, 3.05) is 6.54 Å². The van der Waals surface area contributed by atoms with Crippen molar-refractivity contribution in [1.29, 1.82) is 0 Å². The quantitative estimate of drug-likeness (QED) is 0.755. The maximum absolute atomic E-state index is 13.7. The number of para-hydroxylation sites is 1. The van der Waals surface area contributed by atoms with Gasteiger partial charge >= 0.3 is 0 Å². The largest absolute Gasteiger partial charge is 0.336 e. The van der Waals surface area contributed by atoms with Crippen molar-refractivity contribution in [3.05, 3.63) is 41.1 Å². The first-order valence-electron chi connectivity index (χ1n) is 11.2. The zero-order valence-corrected chi connectivity index (χ0v) is 17.2. The highest BCUT2D eigenvalue weighted by Crippen LogP contribution is 2.35. The summed E-state index contributed by atoms with van der Waals surface area (Å²) in [5, 5.41) is 0.882. The molecule has 0 spiro atoms. The summed E-state index contributed by atoms with van der Waals surface area (Å²) in [7, 11) is 0. The lowest BCUT2D eigenvalue weighted by atomic mass is 9.94. The number of piperidine rings is 1. The molecule has 1 unspecified atom stereocenters. The number of fused-ring (bicyclic) bond motifs is 2. The van der Waals surface area contributed by atoms with Crippen LogP contribution in [0.4, 0.5) is 0 Å². The van der Waals surface area contributed by atoms with E-state index in [9.17, 15) is 9.59 Å². The maximum Gasteiger partial charge on any atom is 0.273 e. The molecule has 1 saturated heterocycles. The molecule has 1 saturated carbocycles. The van der Waals surface area contributed by atoms with Gasteiger partial charge < -0.3 is 9.80 Å². The van der Waals surface area contributed by atoms with Gasteiger partial charge in [0, 0.05) is 36.1 Å². The topological polar surface area (TPSA) is 53.5 Å². The van der Waals surface area contributed by atoms with E-state index in [4.69, 9.17) is 4.98 Å². The van der Waals surface area contributed by atoms with Crippen molar-refractivity contribution in [1.82, 2.24) is 14.8 Å². The van der Waals surface area contributed by atoms with Crippen LogP contribution >= 0.6 is 0 Å². The summed E-state index contributed by atoms with van der Waals surface area (Å²) >= 11 is 0. The number of carbonyl (C=O) groups excluding carboxylic acids is 2. The molecule has 5 nitrogen and oxygen atoms in total. The molecule has 5 heteroatoms. The zero-order chi connectivity index (χ0) is 20.0. The number of likely N-dealkylation sites (tertiary alicyclic amines) is 1. The fraction of sp³-hybridized carbons (Fsp3) is 0.542. The Bertz CT molecular complexity index is 964. The molecule has 2 aromatic rings. The van der Waals surface area contributed by atoms with Crippen molar-refractivity contribution in [3.8, 4) is 0 Å². The number of pyridine rings is 1. The molecular weight excluding hydrogens is 362 g/mol. The van der Waals surface area contributed by atoms with E-state index in [-0.39, 0.29) is 23.9 Å². The van der Waals surface area contributed by atoms with Gasteiger partial charge in [-0.25, -0.2) is 4.98 Å². The van der Waals surface area contributed by atoms with Crippen LogP contribution in [0.3, 0.4) is 0 Å². The molecule has 2 aliphatic heterocycles. The third-order valence-corrected chi connectivity index (χ3v) is 7.08. The van der Waals surface area contributed by atoms with E-state index < -0.39 is 0 Å². The van der Waals surface area contributed by atoms with Gasteiger partial charge in [0.15, 0.2) is 0 Å². The van der Waals surface area contributed by atoms with Crippen LogP contribution in [0, 0.1) is 0 Å². The summed E-state index contributed by atoms with van der Waals surface area (Å²) in [6, 6.07) is 8.32. The molecule has 1 aromatic carbocycles. The second kappa shape index (κ2) is 7.43.